The zero-order chi connectivity index (χ0) is 23.4. The lowest BCUT2D eigenvalue weighted by molar-refractivity contribution is -0.137. The number of H-pyrrole nitrogens is 1. The summed E-state index contributed by atoms with van der Waals surface area (Å²) in [6, 6.07) is 4.02. The fourth-order valence-corrected chi connectivity index (χ4v) is 3.00. The molecule has 2 aromatic rings. The number of hydrogen-bond acceptors (Lipinski definition) is 7. The third kappa shape index (κ3) is 6.74. The number of hydrogen-bond donors (Lipinski definition) is 3. The molecule has 1 amide bonds. The summed E-state index contributed by atoms with van der Waals surface area (Å²) in [6.07, 6.45) is -5.04. The first-order chi connectivity index (χ1) is 15.0. The fraction of sp³-hybridized carbons (Fsp3) is 0.550. The second-order valence-corrected chi connectivity index (χ2v) is 8.27. The van der Waals surface area contributed by atoms with Gasteiger partial charge in [-0.2, -0.15) is 18.2 Å². The number of aromatic nitrogens is 3. The average molecular weight is 456 g/mol. The minimum atomic E-state index is -4.42. The Morgan fingerprint density at radius 1 is 1.22 bits per heavy atom. The van der Waals surface area contributed by atoms with Crippen LogP contribution in [0.5, 0.6) is 0 Å². The molecule has 1 aliphatic rings. The molecule has 12 heteroatoms. The molecule has 3 N–H and O–H groups in total. The molecule has 176 valence electrons. The average Bonchev–Trinajstić information content (AvgIpc) is 3.20. The van der Waals surface area contributed by atoms with E-state index in [4.69, 9.17) is 9.47 Å². The van der Waals surface area contributed by atoms with Crippen LogP contribution in [0.4, 0.5) is 29.6 Å². The van der Waals surface area contributed by atoms with Gasteiger partial charge in [-0.15, -0.1) is 5.10 Å². The lowest BCUT2D eigenvalue weighted by Gasteiger charge is -2.25. The third-order valence-electron chi connectivity index (χ3n) is 4.52. The molecule has 1 aliphatic heterocycles. The Labute approximate surface area is 183 Å². The molecule has 0 bridgehead atoms. The first-order valence-corrected chi connectivity index (χ1v) is 10.2. The van der Waals surface area contributed by atoms with Crippen LogP contribution in [0.25, 0.3) is 0 Å². The number of morpholine rings is 1. The maximum Gasteiger partial charge on any atom is 0.416 e. The number of halogens is 3. The maximum atomic E-state index is 12.9. The van der Waals surface area contributed by atoms with Gasteiger partial charge in [0, 0.05) is 25.3 Å². The number of carbonyl (C=O) groups is 1. The monoisotopic (exact) mass is 456 g/mol. The van der Waals surface area contributed by atoms with Gasteiger partial charge in [0.1, 0.15) is 11.6 Å². The van der Waals surface area contributed by atoms with Crippen molar-refractivity contribution in [3.8, 4) is 0 Å². The molecule has 0 aliphatic carbocycles. The molecular formula is C20H27F3N6O3. The van der Waals surface area contributed by atoms with Gasteiger partial charge in [0.15, 0.2) is 5.82 Å². The second-order valence-electron chi connectivity index (χ2n) is 8.27. The Hall–Kier alpha value is -3.02. The fourth-order valence-electron chi connectivity index (χ4n) is 3.00. The van der Waals surface area contributed by atoms with E-state index < -0.39 is 29.5 Å². The number of ether oxygens (including phenoxy) is 2. The predicted molar refractivity (Wildman–Crippen MR) is 111 cm³/mol. The number of anilines is 2. The van der Waals surface area contributed by atoms with Gasteiger partial charge in [-0.3, -0.25) is 5.10 Å². The molecule has 1 aromatic heterocycles. The Morgan fingerprint density at radius 2 is 1.88 bits per heavy atom. The third-order valence-corrected chi connectivity index (χ3v) is 4.52. The molecule has 0 spiro atoms. The number of amides is 1. The molecule has 1 fully saturated rings. The molecule has 3 rings (SSSR count). The van der Waals surface area contributed by atoms with Crippen LogP contribution >= 0.6 is 0 Å². The van der Waals surface area contributed by atoms with Gasteiger partial charge in [0.05, 0.1) is 18.8 Å². The first-order valence-electron chi connectivity index (χ1n) is 10.2. The summed E-state index contributed by atoms with van der Waals surface area (Å²) in [5.74, 6) is 0.905. The van der Waals surface area contributed by atoms with Gasteiger partial charge >= 0.3 is 12.3 Å². The quantitative estimate of drug-likeness (QED) is 0.612. The maximum absolute atomic E-state index is 12.9. The highest BCUT2D eigenvalue weighted by Gasteiger charge is 2.30. The number of alkyl carbamates (subject to hydrolysis) is 1. The minimum absolute atomic E-state index is 0.0632. The van der Waals surface area contributed by atoms with Crippen molar-refractivity contribution in [2.24, 2.45) is 0 Å². The summed E-state index contributed by atoms with van der Waals surface area (Å²) in [6.45, 7) is 7.72. The summed E-state index contributed by atoms with van der Waals surface area (Å²) >= 11 is 0. The van der Waals surface area contributed by atoms with Crippen LogP contribution in [-0.2, 0) is 15.7 Å². The molecule has 1 unspecified atom stereocenters. The number of alkyl halides is 3. The van der Waals surface area contributed by atoms with Gasteiger partial charge in [-0.25, -0.2) is 4.79 Å². The van der Waals surface area contributed by atoms with Crippen molar-refractivity contribution in [1.29, 1.82) is 0 Å². The Kier molecular flexibility index (Phi) is 7.12. The number of nitrogens with one attached hydrogen (secondary N) is 3. The SMILES string of the molecule is CC(C)(C)OC(=O)NCC(Nc1ccc(C(F)(F)F)cc1)c1nc(N2CCOCC2)n[nH]1. The predicted octanol–water partition coefficient (Wildman–Crippen LogP) is 3.34. The van der Waals surface area contributed by atoms with Crippen molar-refractivity contribution >= 4 is 17.7 Å². The van der Waals surface area contributed by atoms with E-state index in [0.29, 0.717) is 43.8 Å². The molecule has 0 saturated carbocycles. The van der Waals surface area contributed by atoms with Gasteiger partial charge in [0.25, 0.3) is 0 Å². The van der Waals surface area contributed by atoms with E-state index in [1.807, 2.05) is 4.90 Å². The number of rotatable bonds is 6. The van der Waals surface area contributed by atoms with Crippen LogP contribution in [0, 0.1) is 0 Å². The standard InChI is InChI=1S/C20H27F3N6O3/c1-19(2,3)32-18(30)24-12-15(25-14-6-4-13(5-7-14)20(21,22)23)16-26-17(28-27-16)29-8-10-31-11-9-29/h4-7,15,25H,8-12H2,1-3H3,(H,24,30)(H,26,27,28). The summed E-state index contributed by atoms with van der Waals surface area (Å²) in [5.41, 5.74) is -0.991. The van der Waals surface area contributed by atoms with Gasteiger partial charge in [-0.05, 0) is 45.0 Å². The van der Waals surface area contributed by atoms with Gasteiger partial charge in [0.2, 0.25) is 5.95 Å². The molecule has 32 heavy (non-hydrogen) atoms. The second kappa shape index (κ2) is 9.63. The normalized spacial score (nSPS) is 15.9. The smallest absolute Gasteiger partial charge is 0.416 e. The van der Waals surface area contributed by atoms with Crippen LogP contribution in [0.2, 0.25) is 0 Å². The van der Waals surface area contributed by atoms with Crippen LogP contribution < -0.4 is 15.5 Å². The van der Waals surface area contributed by atoms with Crippen molar-refractivity contribution < 1.29 is 27.4 Å². The number of aromatic amines is 1. The van der Waals surface area contributed by atoms with Crippen LogP contribution in [0.15, 0.2) is 24.3 Å². The summed E-state index contributed by atoms with van der Waals surface area (Å²) < 4.78 is 49.1. The lowest BCUT2D eigenvalue weighted by Crippen LogP contribution is -2.37. The summed E-state index contributed by atoms with van der Waals surface area (Å²) in [5, 5.41) is 12.8. The molecular weight excluding hydrogens is 429 g/mol. The molecule has 1 saturated heterocycles. The Morgan fingerprint density at radius 3 is 2.47 bits per heavy atom. The van der Waals surface area contributed by atoms with Crippen molar-refractivity contribution in [2.45, 2.75) is 38.6 Å². The van der Waals surface area contributed by atoms with Crippen molar-refractivity contribution in [2.75, 3.05) is 43.1 Å². The van der Waals surface area contributed by atoms with Gasteiger partial charge < -0.3 is 25.0 Å². The van der Waals surface area contributed by atoms with Crippen LogP contribution in [0.1, 0.15) is 38.2 Å². The number of benzene rings is 1. The molecule has 1 atom stereocenters. The van der Waals surface area contributed by atoms with E-state index >= 15 is 0 Å². The lowest BCUT2D eigenvalue weighted by atomic mass is 10.2. The highest BCUT2D eigenvalue weighted by atomic mass is 19.4. The van der Waals surface area contributed by atoms with Crippen molar-refractivity contribution in [3.05, 3.63) is 35.7 Å². The van der Waals surface area contributed by atoms with Crippen molar-refractivity contribution in [3.63, 3.8) is 0 Å². The molecule has 0 radical (unpaired) electrons. The van der Waals surface area contributed by atoms with E-state index in [0.717, 1.165) is 12.1 Å². The zero-order valence-electron chi connectivity index (χ0n) is 18.1. The first kappa shape index (κ1) is 23.6. The highest BCUT2D eigenvalue weighted by Crippen LogP contribution is 2.30. The number of nitrogens with zero attached hydrogens (tertiary/aromatic N) is 3. The van der Waals surface area contributed by atoms with Crippen LogP contribution in [0.3, 0.4) is 0 Å². The largest absolute Gasteiger partial charge is 0.444 e. The topological polar surface area (TPSA) is 104 Å². The van der Waals surface area contributed by atoms with E-state index in [9.17, 15) is 18.0 Å². The zero-order valence-corrected chi connectivity index (χ0v) is 18.1. The van der Waals surface area contributed by atoms with Gasteiger partial charge in [-0.1, -0.05) is 0 Å². The summed E-state index contributed by atoms with van der Waals surface area (Å²) in [4.78, 5) is 18.6. The van der Waals surface area contributed by atoms with E-state index in [2.05, 4.69) is 25.8 Å². The highest BCUT2D eigenvalue weighted by molar-refractivity contribution is 5.67. The van der Waals surface area contributed by atoms with E-state index in [-0.39, 0.29) is 6.54 Å². The molecule has 2 heterocycles. The van der Waals surface area contributed by atoms with Crippen LogP contribution in [-0.4, -0.2) is 59.7 Å². The van der Waals surface area contributed by atoms with Crippen molar-refractivity contribution in [1.82, 2.24) is 20.5 Å². The van der Waals surface area contributed by atoms with E-state index in [1.54, 1.807) is 20.8 Å². The molecule has 9 nitrogen and oxygen atoms in total. The minimum Gasteiger partial charge on any atom is -0.444 e. The number of carbonyl (C=O) groups excluding carboxylic acids is 1. The summed E-state index contributed by atoms with van der Waals surface area (Å²) in [7, 11) is 0. The Balaban J connectivity index is 1.75. The Bertz CT molecular complexity index is 889. The van der Waals surface area contributed by atoms with E-state index in [1.165, 1.54) is 12.1 Å². The molecule has 1 aromatic carbocycles.